The van der Waals surface area contributed by atoms with Crippen LogP contribution in [0.2, 0.25) is 0 Å². The van der Waals surface area contributed by atoms with Gasteiger partial charge in [0.05, 0.1) is 13.7 Å². The second-order valence-corrected chi connectivity index (χ2v) is 5.30. The van der Waals surface area contributed by atoms with Gasteiger partial charge in [-0.3, -0.25) is 0 Å². The molecule has 1 saturated carbocycles. The minimum atomic E-state index is 0.395. The van der Waals surface area contributed by atoms with Crippen LogP contribution in [0.5, 0.6) is 5.75 Å². The van der Waals surface area contributed by atoms with E-state index < -0.39 is 0 Å². The van der Waals surface area contributed by atoms with Gasteiger partial charge < -0.3 is 14.8 Å². The molecule has 19 heavy (non-hydrogen) atoms. The van der Waals surface area contributed by atoms with Gasteiger partial charge in [-0.1, -0.05) is 19.1 Å². The first-order valence-electron chi connectivity index (χ1n) is 7.17. The molecule has 2 rings (SSSR count). The molecule has 106 valence electrons. The molecule has 0 aromatic heterocycles. The summed E-state index contributed by atoms with van der Waals surface area (Å²) in [7, 11) is 3.48. The molecule has 3 heteroatoms. The van der Waals surface area contributed by atoms with Crippen molar-refractivity contribution in [2.45, 2.75) is 38.3 Å². The molecule has 0 radical (unpaired) electrons. The van der Waals surface area contributed by atoms with Gasteiger partial charge >= 0.3 is 0 Å². The summed E-state index contributed by atoms with van der Waals surface area (Å²) in [5.41, 5.74) is 1.32. The summed E-state index contributed by atoms with van der Waals surface area (Å²) in [6.45, 7) is 3.02. The molecular formula is C16H25NO2. The second-order valence-electron chi connectivity index (χ2n) is 5.30. The monoisotopic (exact) mass is 263 g/mol. The molecule has 1 aliphatic rings. The van der Waals surface area contributed by atoms with Crippen molar-refractivity contribution < 1.29 is 9.47 Å². The maximum Gasteiger partial charge on any atom is 0.118 e. The quantitative estimate of drug-likeness (QED) is 0.781. The number of hydrogen-bond acceptors (Lipinski definition) is 3. The van der Waals surface area contributed by atoms with E-state index in [9.17, 15) is 0 Å². The molecular weight excluding hydrogens is 238 g/mol. The van der Waals surface area contributed by atoms with Crippen LogP contribution in [0.1, 0.15) is 37.8 Å². The van der Waals surface area contributed by atoms with Gasteiger partial charge in [0.2, 0.25) is 0 Å². The third kappa shape index (κ3) is 3.95. The minimum Gasteiger partial charge on any atom is -0.497 e. The van der Waals surface area contributed by atoms with Gasteiger partial charge in [-0.25, -0.2) is 0 Å². The Hall–Kier alpha value is -1.06. The zero-order chi connectivity index (χ0) is 13.7. The summed E-state index contributed by atoms with van der Waals surface area (Å²) in [5.74, 6) is 1.71. The van der Waals surface area contributed by atoms with Gasteiger partial charge in [0.15, 0.2) is 0 Å². The Morgan fingerprint density at radius 3 is 2.37 bits per heavy atom. The Balaban J connectivity index is 2.00. The van der Waals surface area contributed by atoms with Crippen molar-refractivity contribution in [3.05, 3.63) is 29.8 Å². The smallest absolute Gasteiger partial charge is 0.118 e. The van der Waals surface area contributed by atoms with E-state index in [2.05, 4.69) is 24.4 Å². The highest BCUT2D eigenvalue weighted by Crippen LogP contribution is 2.34. The van der Waals surface area contributed by atoms with Gasteiger partial charge in [0.1, 0.15) is 5.75 Å². The van der Waals surface area contributed by atoms with Crippen molar-refractivity contribution in [1.29, 1.82) is 0 Å². The van der Waals surface area contributed by atoms with Crippen LogP contribution in [0.15, 0.2) is 24.3 Å². The van der Waals surface area contributed by atoms with Gasteiger partial charge in [-0.2, -0.15) is 0 Å². The van der Waals surface area contributed by atoms with E-state index in [4.69, 9.17) is 9.47 Å². The van der Waals surface area contributed by atoms with E-state index >= 15 is 0 Å². The van der Waals surface area contributed by atoms with Crippen molar-refractivity contribution >= 4 is 0 Å². The number of rotatable bonds is 8. The first-order valence-corrected chi connectivity index (χ1v) is 7.17. The van der Waals surface area contributed by atoms with E-state index in [0.29, 0.717) is 12.1 Å². The van der Waals surface area contributed by atoms with Crippen molar-refractivity contribution in [3.63, 3.8) is 0 Å². The molecule has 2 unspecified atom stereocenters. The molecule has 3 nitrogen and oxygen atoms in total. The Bertz CT molecular complexity index is 373. The third-order valence-corrected chi connectivity index (χ3v) is 3.88. The zero-order valence-corrected chi connectivity index (χ0v) is 12.2. The molecule has 0 saturated heterocycles. The van der Waals surface area contributed by atoms with Gasteiger partial charge in [0, 0.05) is 19.2 Å². The van der Waals surface area contributed by atoms with Crippen LogP contribution in [0, 0.1) is 5.92 Å². The summed E-state index contributed by atoms with van der Waals surface area (Å²) in [6, 6.07) is 9.24. The lowest BCUT2D eigenvalue weighted by atomic mass is 10.0. The van der Waals surface area contributed by atoms with Crippen molar-refractivity contribution in [3.8, 4) is 5.75 Å². The molecule has 0 aliphatic heterocycles. The normalized spacial score (nSPS) is 18.1. The molecule has 0 heterocycles. The molecule has 1 aliphatic carbocycles. The number of ether oxygens (including phenoxy) is 2. The molecule has 1 aromatic carbocycles. The van der Waals surface area contributed by atoms with Crippen LogP contribution in [0.4, 0.5) is 0 Å². The van der Waals surface area contributed by atoms with Crippen LogP contribution >= 0.6 is 0 Å². The van der Waals surface area contributed by atoms with E-state index in [1.165, 1.54) is 18.4 Å². The Kier molecular flexibility index (Phi) is 5.23. The first kappa shape index (κ1) is 14.4. The van der Waals surface area contributed by atoms with E-state index in [-0.39, 0.29) is 0 Å². The lowest BCUT2D eigenvalue weighted by Crippen LogP contribution is -2.37. The fourth-order valence-corrected chi connectivity index (χ4v) is 2.54. The zero-order valence-electron chi connectivity index (χ0n) is 12.2. The highest BCUT2D eigenvalue weighted by atomic mass is 16.5. The summed E-state index contributed by atoms with van der Waals surface area (Å²) in [5, 5.41) is 3.75. The lowest BCUT2D eigenvalue weighted by molar-refractivity contribution is 0.150. The average molecular weight is 263 g/mol. The van der Waals surface area contributed by atoms with Crippen molar-refractivity contribution in [2.24, 2.45) is 5.92 Å². The number of methoxy groups -OCH3 is 2. The molecule has 0 spiro atoms. The largest absolute Gasteiger partial charge is 0.497 e. The third-order valence-electron chi connectivity index (χ3n) is 3.88. The standard InChI is InChI=1S/C16H25NO2/c1-4-15(12-7-9-14(19-3)10-8-12)17-16(11-18-2)13-5-6-13/h7-10,13,15-17H,4-6,11H2,1-3H3. The van der Waals surface area contributed by atoms with E-state index in [1.54, 1.807) is 14.2 Å². The molecule has 1 N–H and O–H groups in total. The van der Waals surface area contributed by atoms with Crippen LogP contribution in [0.25, 0.3) is 0 Å². The maximum atomic E-state index is 5.34. The van der Waals surface area contributed by atoms with Crippen molar-refractivity contribution in [2.75, 3.05) is 20.8 Å². The van der Waals surface area contributed by atoms with Crippen LogP contribution in [-0.4, -0.2) is 26.9 Å². The number of hydrogen-bond donors (Lipinski definition) is 1. The van der Waals surface area contributed by atoms with Crippen molar-refractivity contribution in [1.82, 2.24) is 5.32 Å². The summed E-state index contributed by atoms with van der Waals surface area (Å²) in [4.78, 5) is 0. The average Bonchev–Trinajstić information content (AvgIpc) is 3.28. The molecule has 1 aromatic rings. The van der Waals surface area contributed by atoms with Gasteiger partial charge in [-0.15, -0.1) is 0 Å². The highest BCUT2D eigenvalue weighted by Gasteiger charge is 2.32. The Morgan fingerprint density at radius 2 is 1.89 bits per heavy atom. The lowest BCUT2D eigenvalue weighted by Gasteiger charge is -2.25. The second kappa shape index (κ2) is 6.92. The topological polar surface area (TPSA) is 30.5 Å². The SMILES string of the molecule is CCC(NC(COC)C1CC1)c1ccc(OC)cc1. The molecule has 2 atom stereocenters. The molecule has 0 amide bonds. The minimum absolute atomic E-state index is 0.395. The maximum absolute atomic E-state index is 5.34. The Morgan fingerprint density at radius 1 is 1.21 bits per heavy atom. The molecule has 1 fully saturated rings. The van der Waals surface area contributed by atoms with Gasteiger partial charge in [0.25, 0.3) is 0 Å². The predicted molar refractivity (Wildman–Crippen MR) is 77.5 cm³/mol. The fourth-order valence-electron chi connectivity index (χ4n) is 2.54. The van der Waals surface area contributed by atoms with Crippen LogP contribution < -0.4 is 10.1 Å². The number of nitrogens with one attached hydrogen (secondary N) is 1. The van der Waals surface area contributed by atoms with Crippen LogP contribution in [-0.2, 0) is 4.74 Å². The summed E-state index contributed by atoms with van der Waals surface area (Å²) >= 11 is 0. The predicted octanol–water partition coefficient (Wildman–Crippen LogP) is 3.16. The summed E-state index contributed by atoms with van der Waals surface area (Å²) in [6.07, 6.45) is 3.75. The highest BCUT2D eigenvalue weighted by molar-refractivity contribution is 5.29. The van der Waals surface area contributed by atoms with Gasteiger partial charge in [-0.05, 0) is 42.9 Å². The Labute approximate surface area is 116 Å². The van der Waals surface area contributed by atoms with Crippen LogP contribution in [0.3, 0.4) is 0 Å². The van der Waals surface area contributed by atoms with E-state index in [1.807, 2.05) is 12.1 Å². The fraction of sp³-hybridized carbons (Fsp3) is 0.625. The first-order chi connectivity index (χ1) is 9.28. The summed E-state index contributed by atoms with van der Waals surface area (Å²) < 4.78 is 10.6. The van der Waals surface area contributed by atoms with E-state index in [0.717, 1.165) is 24.7 Å². The molecule has 0 bridgehead atoms. The number of benzene rings is 1.